The van der Waals surface area contributed by atoms with E-state index in [1.807, 2.05) is 18.2 Å². The molecule has 2 aromatic carbocycles. The van der Waals surface area contributed by atoms with Gasteiger partial charge < -0.3 is 19.9 Å². The first-order valence-electron chi connectivity index (χ1n) is 10.2. The summed E-state index contributed by atoms with van der Waals surface area (Å²) in [5.74, 6) is 0.949. The van der Waals surface area contributed by atoms with Gasteiger partial charge in [0, 0.05) is 19.2 Å². The number of anilines is 2. The van der Waals surface area contributed by atoms with Crippen LogP contribution in [-0.2, 0) is 16.1 Å². The molecule has 164 valence electrons. The first-order chi connectivity index (χ1) is 14.9. The Labute approximate surface area is 186 Å². The molecule has 2 N–H and O–H groups in total. The van der Waals surface area contributed by atoms with Gasteiger partial charge >= 0.3 is 0 Å². The van der Waals surface area contributed by atoms with Crippen LogP contribution < -0.4 is 15.4 Å². The van der Waals surface area contributed by atoms with E-state index in [4.69, 9.17) is 9.72 Å². The van der Waals surface area contributed by atoms with Crippen LogP contribution in [0.3, 0.4) is 0 Å². The van der Waals surface area contributed by atoms with Crippen LogP contribution in [-0.4, -0.2) is 34.2 Å². The van der Waals surface area contributed by atoms with Gasteiger partial charge in [-0.1, -0.05) is 37.7 Å². The lowest BCUT2D eigenvalue weighted by Crippen LogP contribution is -2.16. The number of rotatable bonds is 9. The number of hydrogen-bond donors (Lipinski definition) is 2. The molecule has 8 heteroatoms. The number of nitrogens with zero attached hydrogens (tertiary/aromatic N) is 2. The van der Waals surface area contributed by atoms with Crippen molar-refractivity contribution >= 4 is 46.0 Å². The van der Waals surface area contributed by atoms with Gasteiger partial charge in [-0.05, 0) is 42.7 Å². The second kappa shape index (κ2) is 10.3. The molecule has 0 bridgehead atoms. The smallest absolute Gasteiger partial charge is 0.234 e. The summed E-state index contributed by atoms with van der Waals surface area (Å²) in [5, 5.41) is 6.41. The highest BCUT2D eigenvalue weighted by molar-refractivity contribution is 7.99. The number of benzene rings is 2. The maximum Gasteiger partial charge on any atom is 0.234 e. The molecule has 7 nitrogen and oxygen atoms in total. The van der Waals surface area contributed by atoms with Crippen molar-refractivity contribution in [1.82, 2.24) is 9.55 Å². The molecule has 1 heterocycles. The lowest BCUT2D eigenvalue weighted by Gasteiger charge is -2.13. The molecule has 0 aliphatic heterocycles. The summed E-state index contributed by atoms with van der Waals surface area (Å²) >= 11 is 1.41. The predicted octanol–water partition coefficient (Wildman–Crippen LogP) is 4.78. The van der Waals surface area contributed by atoms with Crippen molar-refractivity contribution in [3.63, 3.8) is 0 Å². The average molecular weight is 441 g/mol. The Morgan fingerprint density at radius 2 is 1.94 bits per heavy atom. The number of fused-ring (bicyclic) bond motifs is 1. The zero-order chi connectivity index (χ0) is 22.4. The normalized spacial score (nSPS) is 11.0. The molecule has 2 amide bonds. The van der Waals surface area contributed by atoms with Crippen molar-refractivity contribution in [2.45, 2.75) is 38.9 Å². The van der Waals surface area contributed by atoms with Crippen molar-refractivity contribution in [1.29, 1.82) is 0 Å². The summed E-state index contributed by atoms with van der Waals surface area (Å²) < 4.78 is 7.52. The molecule has 31 heavy (non-hydrogen) atoms. The number of methoxy groups -OCH3 is 1. The highest BCUT2D eigenvalue weighted by Gasteiger charge is 2.15. The van der Waals surface area contributed by atoms with Gasteiger partial charge in [0.15, 0.2) is 5.16 Å². The minimum Gasteiger partial charge on any atom is -0.495 e. The van der Waals surface area contributed by atoms with E-state index < -0.39 is 0 Å². The quantitative estimate of drug-likeness (QED) is 0.468. The molecule has 0 aliphatic rings. The Morgan fingerprint density at radius 3 is 2.65 bits per heavy atom. The van der Waals surface area contributed by atoms with Crippen LogP contribution in [0.25, 0.3) is 11.0 Å². The monoisotopic (exact) mass is 440 g/mol. The van der Waals surface area contributed by atoms with Gasteiger partial charge in [0.1, 0.15) is 5.75 Å². The van der Waals surface area contributed by atoms with E-state index in [1.54, 1.807) is 18.2 Å². The van der Waals surface area contributed by atoms with E-state index >= 15 is 0 Å². The third-order valence-corrected chi connectivity index (χ3v) is 5.65. The maximum atomic E-state index is 12.7. The van der Waals surface area contributed by atoms with E-state index in [2.05, 4.69) is 35.1 Å². The van der Waals surface area contributed by atoms with Crippen LogP contribution >= 0.6 is 11.8 Å². The highest BCUT2D eigenvalue weighted by Crippen LogP contribution is 2.29. The van der Waals surface area contributed by atoms with Crippen molar-refractivity contribution in [3.05, 3.63) is 42.5 Å². The third kappa shape index (κ3) is 6.01. The Kier molecular flexibility index (Phi) is 7.57. The van der Waals surface area contributed by atoms with Crippen LogP contribution in [0.4, 0.5) is 11.4 Å². The molecule has 0 unspecified atom stereocenters. The van der Waals surface area contributed by atoms with Crippen LogP contribution in [0.15, 0.2) is 47.6 Å². The first kappa shape index (κ1) is 22.7. The molecule has 0 aliphatic carbocycles. The average Bonchev–Trinajstić information content (AvgIpc) is 3.08. The number of carbonyl (C=O) groups excluding carboxylic acids is 2. The topological polar surface area (TPSA) is 85.2 Å². The van der Waals surface area contributed by atoms with Gasteiger partial charge in [-0.3, -0.25) is 9.59 Å². The van der Waals surface area contributed by atoms with Crippen molar-refractivity contribution in [2.75, 3.05) is 23.5 Å². The van der Waals surface area contributed by atoms with Gasteiger partial charge in [0.05, 0.1) is 29.6 Å². The van der Waals surface area contributed by atoms with E-state index in [1.165, 1.54) is 25.8 Å². The molecule has 3 rings (SSSR count). The number of thioether (sulfide) groups is 1. The van der Waals surface area contributed by atoms with E-state index in [9.17, 15) is 9.59 Å². The fourth-order valence-corrected chi connectivity index (χ4v) is 4.01. The molecule has 0 saturated heterocycles. The lowest BCUT2D eigenvalue weighted by molar-refractivity contribution is -0.114. The molecule has 0 saturated carbocycles. The summed E-state index contributed by atoms with van der Waals surface area (Å²) in [7, 11) is 1.54. The lowest BCUT2D eigenvalue weighted by atomic mass is 10.1. The van der Waals surface area contributed by atoms with E-state index in [0.717, 1.165) is 29.2 Å². The van der Waals surface area contributed by atoms with Gasteiger partial charge in [0.25, 0.3) is 0 Å². The van der Waals surface area contributed by atoms with E-state index in [0.29, 0.717) is 23.0 Å². The standard InChI is InChI=1S/C23H28N4O3S/c1-15(2)11-12-27-20-8-6-5-7-18(20)26-23(27)31-14-22(29)25-19-13-17(24-16(3)28)9-10-21(19)30-4/h5-10,13,15H,11-12,14H2,1-4H3,(H,24,28)(H,25,29). The number of hydrogen-bond acceptors (Lipinski definition) is 5. The second-order valence-corrected chi connectivity index (χ2v) is 8.59. The van der Waals surface area contributed by atoms with E-state index in [-0.39, 0.29) is 17.6 Å². The van der Waals surface area contributed by atoms with Crippen molar-refractivity contribution < 1.29 is 14.3 Å². The number of ether oxygens (including phenoxy) is 1. The number of carbonyl (C=O) groups is 2. The van der Waals surface area contributed by atoms with Gasteiger partial charge in [-0.25, -0.2) is 4.98 Å². The van der Waals surface area contributed by atoms with Crippen molar-refractivity contribution in [3.8, 4) is 5.75 Å². The first-order valence-corrected chi connectivity index (χ1v) is 11.2. The summed E-state index contributed by atoms with van der Waals surface area (Å²) in [5.41, 5.74) is 3.11. The number of aryl methyl sites for hydroxylation is 1. The van der Waals surface area contributed by atoms with Gasteiger partial charge in [0.2, 0.25) is 11.8 Å². The molecule has 1 aromatic heterocycles. The Hall–Kier alpha value is -3.00. The predicted molar refractivity (Wildman–Crippen MR) is 126 cm³/mol. The van der Waals surface area contributed by atoms with Gasteiger partial charge in [-0.2, -0.15) is 0 Å². The highest BCUT2D eigenvalue weighted by atomic mass is 32.2. The van der Waals surface area contributed by atoms with Crippen LogP contribution in [0, 0.1) is 5.92 Å². The summed E-state index contributed by atoms with van der Waals surface area (Å²) in [6.45, 7) is 6.68. The van der Waals surface area contributed by atoms with Crippen molar-refractivity contribution in [2.24, 2.45) is 5.92 Å². The number of para-hydroxylation sites is 2. The number of aromatic nitrogens is 2. The minimum atomic E-state index is -0.182. The number of nitrogens with one attached hydrogen (secondary N) is 2. The third-order valence-electron chi connectivity index (χ3n) is 4.68. The molecule has 0 spiro atoms. The molecule has 0 radical (unpaired) electrons. The SMILES string of the molecule is COc1ccc(NC(C)=O)cc1NC(=O)CSc1nc2ccccc2n1CCC(C)C. The fourth-order valence-electron chi connectivity index (χ4n) is 3.17. The molecule has 0 atom stereocenters. The van der Waals surface area contributed by atoms with Gasteiger partial charge in [-0.15, -0.1) is 0 Å². The summed E-state index contributed by atoms with van der Waals surface area (Å²) in [6.07, 6.45) is 1.03. The Bertz CT molecular complexity index is 1080. The second-order valence-electron chi connectivity index (χ2n) is 7.65. The fraction of sp³-hybridized carbons (Fsp3) is 0.348. The number of imidazole rings is 1. The molecular weight excluding hydrogens is 412 g/mol. The largest absolute Gasteiger partial charge is 0.495 e. The zero-order valence-corrected chi connectivity index (χ0v) is 19.1. The summed E-state index contributed by atoms with van der Waals surface area (Å²) in [4.78, 5) is 28.7. The Balaban J connectivity index is 1.73. The number of amides is 2. The summed E-state index contributed by atoms with van der Waals surface area (Å²) in [6, 6.07) is 13.1. The zero-order valence-electron chi connectivity index (χ0n) is 18.3. The minimum absolute atomic E-state index is 0.175. The molecule has 0 fully saturated rings. The Morgan fingerprint density at radius 1 is 1.16 bits per heavy atom. The van der Waals surface area contributed by atoms with Crippen LogP contribution in [0.2, 0.25) is 0 Å². The van der Waals surface area contributed by atoms with Crippen LogP contribution in [0.1, 0.15) is 27.2 Å². The molecular formula is C23H28N4O3S. The van der Waals surface area contributed by atoms with Crippen LogP contribution in [0.5, 0.6) is 5.75 Å². The maximum absolute atomic E-state index is 12.7. The molecule has 3 aromatic rings.